The third-order valence-electron chi connectivity index (χ3n) is 2.41. The Bertz CT molecular complexity index is 552. The van der Waals surface area contributed by atoms with Gasteiger partial charge in [0.2, 0.25) is 0 Å². The van der Waals surface area contributed by atoms with Crippen LogP contribution in [0.15, 0.2) is 17.8 Å². The van der Waals surface area contributed by atoms with Gasteiger partial charge < -0.3 is 11.1 Å². The van der Waals surface area contributed by atoms with Gasteiger partial charge in [0.15, 0.2) is 0 Å². The molecule has 2 rings (SSSR count). The molecule has 0 unspecified atom stereocenters. The summed E-state index contributed by atoms with van der Waals surface area (Å²) in [6.45, 7) is 2.74. The van der Waals surface area contributed by atoms with Crippen LogP contribution in [0, 0.1) is 6.92 Å². The minimum absolute atomic E-state index is 0.207. The third-order valence-corrected chi connectivity index (χ3v) is 3.32. The Morgan fingerprint density at radius 1 is 1.42 bits per heavy atom. The number of nitrogens with one attached hydrogen (secondary N) is 1. The molecule has 2 aromatic heterocycles. The van der Waals surface area contributed by atoms with Crippen LogP contribution in [0.4, 0.5) is 0 Å². The average molecular weight is 277 g/mol. The maximum Gasteiger partial charge on any atom is 0.271 e. The zero-order valence-electron chi connectivity index (χ0n) is 10.6. The molecule has 0 atom stereocenters. The molecule has 2 heterocycles. The van der Waals surface area contributed by atoms with Crippen LogP contribution in [0.3, 0.4) is 0 Å². The summed E-state index contributed by atoms with van der Waals surface area (Å²) in [5.41, 5.74) is 7.44. The van der Waals surface area contributed by atoms with Crippen molar-refractivity contribution in [2.75, 3.05) is 6.54 Å². The van der Waals surface area contributed by atoms with Crippen LogP contribution in [0.5, 0.6) is 0 Å². The second-order valence-electron chi connectivity index (χ2n) is 4.00. The lowest BCUT2D eigenvalue weighted by molar-refractivity contribution is 0.0946. The molecule has 6 nitrogen and oxygen atoms in total. The molecular formula is C12H15N5OS. The van der Waals surface area contributed by atoms with E-state index in [9.17, 15) is 4.79 Å². The first-order valence-electron chi connectivity index (χ1n) is 5.89. The van der Waals surface area contributed by atoms with E-state index in [1.54, 1.807) is 17.8 Å². The minimum atomic E-state index is -0.207. The first-order valence-corrected chi connectivity index (χ1v) is 6.77. The van der Waals surface area contributed by atoms with Gasteiger partial charge >= 0.3 is 0 Å². The zero-order valence-corrected chi connectivity index (χ0v) is 11.4. The first-order chi connectivity index (χ1) is 9.19. The van der Waals surface area contributed by atoms with Gasteiger partial charge in [-0.2, -0.15) is 0 Å². The predicted octanol–water partition coefficient (Wildman–Crippen LogP) is 0.673. The zero-order chi connectivity index (χ0) is 13.7. The SMILES string of the molecule is Cc1cnc(CNC(=O)c2csc(CCN)n2)cn1. The molecule has 3 N–H and O–H groups in total. The van der Waals surface area contributed by atoms with Crippen LogP contribution in [0.1, 0.15) is 26.9 Å². The highest BCUT2D eigenvalue weighted by atomic mass is 32.1. The summed E-state index contributed by atoms with van der Waals surface area (Å²) in [5.74, 6) is -0.207. The third kappa shape index (κ3) is 3.80. The van der Waals surface area contributed by atoms with E-state index in [1.807, 2.05) is 6.92 Å². The summed E-state index contributed by atoms with van der Waals surface area (Å²) < 4.78 is 0. The Kier molecular flexibility index (Phi) is 4.53. The average Bonchev–Trinajstić information content (AvgIpc) is 2.87. The highest BCUT2D eigenvalue weighted by Crippen LogP contribution is 2.10. The van der Waals surface area contributed by atoms with Crippen molar-refractivity contribution in [2.24, 2.45) is 5.73 Å². The normalized spacial score (nSPS) is 10.4. The lowest BCUT2D eigenvalue weighted by atomic mass is 10.4. The summed E-state index contributed by atoms with van der Waals surface area (Å²) in [7, 11) is 0. The molecule has 1 amide bonds. The number of thiazole rings is 1. The molecule has 7 heteroatoms. The Labute approximate surface area is 115 Å². The van der Waals surface area contributed by atoms with Crippen molar-refractivity contribution in [3.63, 3.8) is 0 Å². The Hall–Kier alpha value is -1.86. The van der Waals surface area contributed by atoms with E-state index >= 15 is 0 Å². The fraction of sp³-hybridized carbons (Fsp3) is 0.333. The number of amides is 1. The molecule has 0 aromatic carbocycles. The number of hydrogen-bond acceptors (Lipinski definition) is 6. The molecule has 0 aliphatic rings. The van der Waals surface area contributed by atoms with E-state index in [0.29, 0.717) is 25.2 Å². The molecule has 19 heavy (non-hydrogen) atoms. The number of rotatable bonds is 5. The van der Waals surface area contributed by atoms with Gasteiger partial charge in [0.05, 0.1) is 29.1 Å². The Morgan fingerprint density at radius 2 is 2.26 bits per heavy atom. The van der Waals surface area contributed by atoms with Crippen molar-refractivity contribution >= 4 is 17.2 Å². The minimum Gasteiger partial charge on any atom is -0.345 e. The van der Waals surface area contributed by atoms with E-state index < -0.39 is 0 Å². The van der Waals surface area contributed by atoms with Gasteiger partial charge in [-0.3, -0.25) is 14.8 Å². The summed E-state index contributed by atoms with van der Waals surface area (Å²) in [6, 6.07) is 0. The maximum absolute atomic E-state index is 11.9. The number of carbonyl (C=O) groups excluding carboxylic acids is 1. The second kappa shape index (κ2) is 6.35. The van der Waals surface area contributed by atoms with Crippen molar-refractivity contribution < 1.29 is 4.79 Å². The van der Waals surface area contributed by atoms with Gasteiger partial charge in [-0.25, -0.2) is 4.98 Å². The molecule has 2 aromatic rings. The summed E-state index contributed by atoms with van der Waals surface area (Å²) in [4.78, 5) is 24.4. The largest absolute Gasteiger partial charge is 0.345 e. The van der Waals surface area contributed by atoms with Gasteiger partial charge in [0.1, 0.15) is 5.69 Å². The van der Waals surface area contributed by atoms with E-state index in [0.717, 1.165) is 16.4 Å². The van der Waals surface area contributed by atoms with Crippen LogP contribution in [0.25, 0.3) is 0 Å². The number of aromatic nitrogens is 3. The first kappa shape index (κ1) is 13.6. The molecular weight excluding hydrogens is 262 g/mol. The highest BCUT2D eigenvalue weighted by molar-refractivity contribution is 7.09. The summed E-state index contributed by atoms with van der Waals surface area (Å²) in [5, 5.41) is 5.38. The van der Waals surface area contributed by atoms with E-state index in [-0.39, 0.29) is 5.91 Å². The lowest BCUT2D eigenvalue weighted by Crippen LogP contribution is -2.23. The molecule has 100 valence electrons. The van der Waals surface area contributed by atoms with E-state index in [1.165, 1.54) is 11.3 Å². The topological polar surface area (TPSA) is 93.8 Å². The van der Waals surface area contributed by atoms with Crippen molar-refractivity contribution in [3.05, 3.63) is 39.9 Å². The van der Waals surface area contributed by atoms with E-state index in [4.69, 9.17) is 5.73 Å². The molecule has 0 spiro atoms. The quantitative estimate of drug-likeness (QED) is 0.838. The molecule has 0 saturated heterocycles. The van der Waals surface area contributed by atoms with Crippen molar-refractivity contribution in [2.45, 2.75) is 19.9 Å². The van der Waals surface area contributed by atoms with Gasteiger partial charge in [0.25, 0.3) is 5.91 Å². The van der Waals surface area contributed by atoms with Crippen molar-refractivity contribution in [1.29, 1.82) is 0 Å². The number of aryl methyl sites for hydroxylation is 1. The van der Waals surface area contributed by atoms with Crippen molar-refractivity contribution in [1.82, 2.24) is 20.3 Å². The number of carbonyl (C=O) groups is 1. The fourth-order valence-corrected chi connectivity index (χ4v) is 2.22. The number of hydrogen-bond donors (Lipinski definition) is 2. The van der Waals surface area contributed by atoms with Gasteiger partial charge in [0, 0.05) is 18.0 Å². The van der Waals surface area contributed by atoms with E-state index in [2.05, 4.69) is 20.3 Å². The Balaban J connectivity index is 1.91. The molecule has 0 bridgehead atoms. The smallest absolute Gasteiger partial charge is 0.271 e. The lowest BCUT2D eigenvalue weighted by Gasteiger charge is -2.02. The summed E-state index contributed by atoms with van der Waals surface area (Å²) in [6.07, 6.45) is 4.02. The highest BCUT2D eigenvalue weighted by Gasteiger charge is 2.10. The maximum atomic E-state index is 11.9. The molecule has 0 saturated carbocycles. The number of nitrogens with zero attached hydrogens (tertiary/aromatic N) is 3. The fourth-order valence-electron chi connectivity index (χ4n) is 1.43. The number of nitrogens with two attached hydrogens (primary N) is 1. The van der Waals surface area contributed by atoms with Crippen LogP contribution >= 0.6 is 11.3 Å². The molecule has 0 radical (unpaired) electrons. The van der Waals surface area contributed by atoms with Gasteiger partial charge in [-0.05, 0) is 13.5 Å². The van der Waals surface area contributed by atoms with Crippen LogP contribution in [-0.4, -0.2) is 27.4 Å². The second-order valence-corrected chi connectivity index (χ2v) is 4.94. The monoisotopic (exact) mass is 277 g/mol. The molecule has 0 fully saturated rings. The van der Waals surface area contributed by atoms with Crippen molar-refractivity contribution in [3.8, 4) is 0 Å². The van der Waals surface area contributed by atoms with Gasteiger partial charge in [-0.1, -0.05) is 0 Å². The van der Waals surface area contributed by atoms with Gasteiger partial charge in [-0.15, -0.1) is 11.3 Å². The standard InChI is InChI=1S/C12H15N5OS/c1-8-4-15-9(5-14-8)6-16-12(18)10-7-19-11(17-10)2-3-13/h4-5,7H,2-3,6,13H2,1H3,(H,16,18). The predicted molar refractivity (Wildman–Crippen MR) is 72.8 cm³/mol. The van der Waals surface area contributed by atoms with Crippen LogP contribution in [0.2, 0.25) is 0 Å². The molecule has 0 aliphatic carbocycles. The van der Waals surface area contributed by atoms with Crippen LogP contribution in [-0.2, 0) is 13.0 Å². The van der Waals surface area contributed by atoms with Crippen LogP contribution < -0.4 is 11.1 Å². The summed E-state index contributed by atoms with van der Waals surface area (Å²) >= 11 is 1.45. The Morgan fingerprint density at radius 3 is 2.95 bits per heavy atom. The molecule has 0 aliphatic heterocycles.